The molecule has 0 bridgehead atoms. The van der Waals surface area contributed by atoms with E-state index in [1.165, 1.54) is 25.7 Å². The minimum atomic E-state index is 0.551. The highest BCUT2D eigenvalue weighted by molar-refractivity contribution is 7.18. The zero-order chi connectivity index (χ0) is 8.04. The van der Waals surface area contributed by atoms with Crippen LogP contribution in [0, 0.1) is 5.41 Å². The van der Waals surface area contributed by atoms with Gasteiger partial charge in [-0.25, -0.2) is 0 Å². The molecule has 0 atom stereocenters. The molecule has 0 heterocycles. The normalized spacial score (nSPS) is 11.5. The number of rotatable bonds is 5. The Balaban J connectivity index is 3.36. The summed E-state index contributed by atoms with van der Waals surface area (Å²) in [6, 6.07) is 0. The van der Waals surface area contributed by atoms with Gasteiger partial charge in [0.1, 0.15) is 0 Å². The molecule has 0 saturated heterocycles. The second-order valence-electron chi connectivity index (χ2n) is 3.61. The third kappa shape index (κ3) is 4.99. The van der Waals surface area contributed by atoms with Gasteiger partial charge in [0.2, 0.25) is 0 Å². The predicted octanol–water partition coefficient (Wildman–Crippen LogP) is 3.54. The summed E-state index contributed by atoms with van der Waals surface area (Å²) < 4.78 is 0. The summed E-state index contributed by atoms with van der Waals surface area (Å²) in [5.41, 5.74) is 0.551. The van der Waals surface area contributed by atoms with E-state index in [4.69, 9.17) is 0 Å². The Morgan fingerprint density at radius 3 is 2.40 bits per heavy atom. The maximum absolute atomic E-state index is 3.36. The van der Waals surface area contributed by atoms with Crippen molar-refractivity contribution in [2.75, 3.05) is 0 Å². The van der Waals surface area contributed by atoms with Gasteiger partial charge in [0.05, 0.1) is 0 Å². The molecular weight excluding hydrogens is 139 g/mol. The van der Waals surface area contributed by atoms with E-state index in [1.807, 2.05) is 0 Å². The van der Waals surface area contributed by atoms with E-state index < -0.39 is 0 Å². The molecule has 0 aromatic rings. The zero-order valence-electron chi connectivity index (χ0n) is 7.41. The molecule has 10 heavy (non-hydrogen) atoms. The van der Waals surface area contributed by atoms with Crippen LogP contribution in [0.5, 0.6) is 0 Å². The third-order valence-electron chi connectivity index (χ3n) is 2.16. The summed E-state index contributed by atoms with van der Waals surface area (Å²) >= 11 is 0. The molecule has 0 radical (unpaired) electrons. The fraction of sp³-hybridized carbons (Fsp3) is 0.889. The molecule has 0 N–H and O–H groups in total. The van der Waals surface area contributed by atoms with Gasteiger partial charge in [0.15, 0.2) is 0 Å². The fourth-order valence-electron chi connectivity index (χ4n) is 0.859. The minimum absolute atomic E-state index is 0.551. The van der Waals surface area contributed by atoms with E-state index in [9.17, 15) is 0 Å². The summed E-state index contributed by atoms with van der Waals surface area (Å²) in [6.45, 7) is 6.93. The lowest BCUT2D eigenvalue weighted by Crippen LogP contribution is -2.08. The highest BCUT2D eigenvalue weighted by Crippen LogP contribution is 2.26. The molecule has 0 aromatic heterocycles. The molecule has 0 spiro atoms. The van der Waals surface area contributed by atoms with E-state index in [1.54, 1.807) is 0 Å². The van der Waals surface area contributed by atoms with E-state index in [-0.39, 0.29) is 0 Å². The summed E-state index contributed by atoms with van der Waals surface area (Å²) in [5, 5.41) is 0. The van der Waals surface area contributed by atoms with Gasteiger partial charge in [0.25, 0.3) is 0 Å². The van der Waals surface area contributed by atoms with Crippen LogP contribution in [0.15, 0.2) is 0 Å². The minimum Gasteiger partial charge on any atom is -0.127 e. The van der Waals surface area contributed by atoms with Crippen LogP contribution in [-0.2, 0) is 0 Å². The number of unbranched alkanes of at least 4 members (excludes halogenated alkanes) is 1. The lowest BCUT2D eigenvalue weighted by molar-refractivity contribution is 0.316. The maximum Gasteiger partial charge on any atom is -0.0310 e. The van der Waals surface area contributed by atoms with Crippen LogP contribution in [0.2, 0.25) is 0 Å². The van der Waals surface area contributed by atoms with Crippen molar-refractivity contribution in [1.82, 2.24) is 0 Å². The van der Waals surface area contributed by atoms with Crippen molar-refractivity contribution in [1.29, 1.82) is 0 Å². The van der Waals surface area contributed by atoms with Crippen molar-refractivity contribution < 1.29 is 0 Å². The lowest BCUT2D eigenvalue weighted by atomic mass is 9.85. The van der Waals surface area contributed by atoms with Crippen molar-refractivity contribution in [2.24, 2.45) is 5.41 Å². The molecule has 0 rings (SSSR count). The molecule has 0 aliphatic rings. The van der Waals surface area contributed by atoms with Gasteiger partial charge in [0, 0.05) is 0 Å². The van der Waals surface area contributed by atoms with Gasteiger partial charge in [-0.1, -0.05) is 33.0 Å². The standard InChI is InChI=1S/C9H19P/c1-4-9(2,3)7-5-6-8-10/h8,10H,4-7H2,1-3H3. The Kier molecular flexibility index (Phi) is 4.99. The second-order valence-corrected chi connectivity index (χ2v) is 4.02. The van der Waals surface area contributed by atoms with Crippen LogP contribution in [0.4, 0.5) is 0 Å². The molecule has 0 aromatic carbocycles. The van der Waals surface area contributed by atoms with Gasteiger partial charge < -0.3 is 0 Å². The second kappa shape index (κ2) is 4.91. The molecule has 0 fully saturated rings. The van der Waals surface area contributed by atoms with Crippen LogP contribution < -0.4 is 0 Å². The first-order valence-corrected chi connectivity index (χ1v) is 4.69. The summed E-state index contributed by atoms with van der Waals surface area (Å²) in [6.07, 6.45) is 5.13. The average molecular weight is 158 g/mol. The highest BCUT2D eigenvalue weighted by atomic mass is 31.0. The van der Waals surface area contributed by atoms with Crippen LogP contribution in [0.1, 0.15) is 46.5 Å². The maximum atomic E-state index is 3.36. The monoisotopic (exact) mass is 158 g/mol. The molecule has 0 amide bonds. The molecule has 0 aliphatic heterocycles. The quantitative estimate of drug-likeness (QED) is 0.424. The molecule has 0 nitrogen and oxygen atoms in total. The van der Waals surface area contributed by atoms with Gasteiger partial charge >= 0.3 is 0 Å². The van der Waals surface area contributed by atoms with Crippen molar-refractivity contribution in [3.8, 4) is 0 Å². The van der Waals surface area contributed by atoms with Gasteiger partial charge in [-0.2, -0.15) is 0 Å². The van der Waals surface area contributed by atoms with E-state index >= 15 is 0 Å². The van der Waals surface area contributed by atoms with Gasteiger partial charge in [-0.05, 0) is 24.7 Å². The topological polar surface area (TPSA) is 0 Å². The average Bonchev–Trinajstić information content (AvgIpc) is 1.89. The van der Waals surface area contributed by atoms with E-state index in [2.05, 4.69) is 35.4 Å². The summed E-state index contributed by atoms with van der Waals surface area (Å²) in [7, 11) is 3.36. The van der Waals surface area contributed by atoms with E-state index in [0.717, 1.165) is 0 Å². The van der Waals surface area contributed by atoms with Crippen molar-refractivity contribution in [3.05, 3.63) is 0 Å². The van der Waals surface area contributed by atoms with Crippen molar-refractivity contribution in [3.63, 3.8) is 0 Å². The van der Waals surface area contributed by atoms with Crippen LogP contribution in [0.25, 0.3) is 0 Å². The molecule has 0 saturated carbocycles. The summed E-state index contributed by atoms with van der Waals surface area (Å²) in [5.74, 6) is 2.06. The Morgan fingerprint density at radius 1 is 1.40 bits per heavy atom. The van der Waals surface area contributed by atoms with Gasteiger partial charge in [-0.15, -0.1) is 8.86 Å². The fourth-order valence-corrected chi connectivity index (χ4v) is 1.06. The first-order chi connectivity index (χ1) is 4.62. The van der Waals surface area contributed by atoms with E-state index in [0.29, 0.717) is 5.41 Å². The largest absolute Gasteiger partial charge is 0.127 e. The predicted molar refractivity (Wildman–Crippen MR) is 52.3 cm³/mol. The Hall–Kier alpha value is 0.170. The highest BCUT2D eigenvalue weighted by Gasteiger charge is 2.12. The summed E-state index contributed by atoms with van der Waals surface area (Å²) in [4.78, 5) is 0. The Morgan fingerprint density at radius 2 is 2.00 bits per heavy atom. The first-order valence-electron chi connectivity index (χ1n) is 4.11. The SMILES string of the molecule is CCC(C)(C)CCCC=P. The van der Waals surface area contributed by atoms with Gasteiger partial charge in [-0.3, -0.25) is 0 Å². The lowest BCUT2D eigenvalue weighted by Gasteiger charge is -2.21. The Labute approximate surface area is 67.2 Å². The molecule has 1 heteroatoms. The smallest absolute Gasteiger partial charge is 0.0310 e. The van der Waals surface area contributed by atoms with Crippen molar-refractivity contribution >= 4 is 14.7 Å². The number of hydrogen-bond donors (Lipinski definition) is 0. The first kappa shape index (κ1) is 10.2. The third-order valence-corrected chi connectivity index (χ3v) is 2.45. The number of hydrogen-bond acceptors (Lipinski definition) is 0. The van der Waals surface area contributed by atoms with Crippen LogP contribution in [-0.4, -0.2) is 5.80 Å². The van der Waals surface area contributed by atoms with Crippen LogP contribution in [0.3, 0.4) is 0 Å². The van der Waals surface area contributed by atoms with Crippen LogP contribution >= 0.6 is 8.86 Å². The zero-order valence-corrected chi connectivity index (χ0v) is 8.41. The van der Waals surface area contributed by atoms with Crippen molar-refractivity contribution in [2.45, 2.75) is 46.5 Å². The molecule has 60 valence electrons. The molecule has 0 unspecified atom stereocenters. The Bertz CT molecular complexity index is 94.9. The molecular formula is C9H19P. The molecule has 0 aliphatic carbocycles.